The Hall–Kier alpha value is -2.44. The molecule has 28 heavy (non-hydrogen) atoms. The number of carbonyl (C=O) groups is 1. The number of thiophene rings is 1. The number of aromatic amines is 1. The molecule has 1 saturated heterocycles. The zero-order valence-electron chi connectivity index (χ0n) is 15.8. The predicted octanol–water partition coefficient (Wildman–Crippen LogP) is 3.97. The minimum atomic E-state index is 0.0605. The van der Waals surface area contributed by atoms with Crippen molar-refractivity contribution in [3.63, 3.8) is 0 Å². The highest BCUT2D eigenvalue weighted by atomic mass is 32.1. The van der Waals surface area contributed by atoms with Crippen LogP contribution in [0.3, 0.4) is 0 Å². The Bertz CT molecular complexity index is 952. The van der Waals surface area contributed by atoms with E-state index >= 15 is 0 Å². The maximum atomic E-state index is 12.7. The molecule has 3 heterocycles. The second-order valence-electron chi connectivity index (χ2n) is 7.68. The molecule has 5 rings (SSSR count). The highest BCUT2D eigenvalue weighted by molar-refractivity contribution is 7.15. The Balaban J connectivity index is 1.16. The maximum Gasteiger partial charge on any atom is 0.274 e. The fourth-order valence-electron chi connectivity index (χ4n) is 3.76. The van der Waals surface area contributed by atoms with Crippen molar-refractivity contribution in [2.24, 2.45) is 0 Å². The average Bonchev–Trinajstić information content (AvgIpc) is 3.28. The van der Waals surface area contributed by atoms with Crippen LogP contribution < -0.4 is 0 Å². The van der Waals surface area contributed by atoms with Crippen LogP contribution in [0.15, 0.2) is 48.5 Å². The van der Waals surface area contributed by atoms with Gasteiger partial charge in [0.2, 0.25) is 0 Å². The van der Waals surface area contributed by atoms with Gasteiger partial charge in [0.25, 0.3) is 5.91 Å². The van der Waals surface area contributed by atoms with Crippen LogP contribution in [0.1, 0.15) is 39.8 Å². The van der Waals surface area contributed by atoms with Crippen LogP contribution in [0.2, 0.25) is 0 Å². The lowest BCUT2D eigenvalue weighted by atomic mass is 10.2. The van der Waals surface area contributed by atoms with E-state index in [1.54, 1.807) is 0 Å². The van der Waals surface area contributed by atoms with Gasteiger partial charge in [0.1, 0.15) is 5.69 Å². The number of piperazine rings is 1. The van der Waals surface area contributed by atoms with Crippen LogP contribution in [-0.2, 0) is 6.54 Å². The van der Waals surface area contributed by atoms with Gasteiger partial charge in [0.05, 0.1) is 0 Å². The number of aromatic nitrogens is 2. The highest BCUT2D eigenvalue weighted by Crippen LogP contribution is 2.39. The Kier molecular flexibility index (Phi) is 4.74. The largest absolute Gasteiger partial charge is 0.335 e. The molecule has 5 nitrogen and oxygen atoms in total. The van der Waals surface area contributed by atoms with Gasteiger partial charge in [0.15, 0.2) is 0 Å². The molecule has 144 valence electrons. The van der Waals surface area contributed by atoms with Crippen molar-refractivity contribution in [1.29, 1.82) is 0 Å². The van der Waals surface area contributed by atoms with Crippen molar-refractivity contribution in [2.75, 3.05) is 26.2 Å². The molecule has 2 fully saturated rings. The fourth-order valence-corrected chi connectivity index (χ4v) is 4.82. The second kappa shape index (κ2) is 7.53. The first-order valence-electron chi connectivity index (χ1n) is 9.97. The van der Waals surface area contributed by atoms with Crippen LogP contribution in [0, 0.1) is 0 Å². The molecule has 0 radical (unpaired) electrons. The van der Waals surface area contributed by atoms with Crippen molar-refractivity contribution < 1.29 is 4.79 Å². The normalized spacial score (nSPS) is 17.8. The molecule has 0 unspecified atom stereocenters. The predicted molar refractivity (Wildman–Crippen MR) is 111 cm³/mol. The number of amides is 1. The molecular weight excluding hydrogens is 368 g/mol. The van der Waals surface area contributed by atoms with E-state index in [4.69, 9.17) is 0 Å². The number of rotatable bonds is 5. The molecule has 1 aromatic carbocycles. The average molecular weight is 393 g/mol. The summed E-state index contributed by atoms with van der Waals surface area (Å²) in [6, 6.07) is 16.9. The number of nitrogens with zero attached hydrogens (tertiary/aromatic N) is 3. The van der Waals surface area contributed by atoms with Crippen LogP contribution in [-0.4, -0.2) is 52.1 Å². The van der Waals surface area contributed by atoms with Gasteiger partial charge in [-0.05, 0) is 36.6 Å². The lowest BCUT2D eigenvalue weighted by molar-refractivity contribution is 0.0624. The van der Waals surface area contributed by atoms with Gasteiger partial charge in [0, 0.05) is 54.1 Å². The van der Waals surface area contributed by atoms with E-state index in [1.807, 2.05) is 22.3 Å². The van der Waals surface area contributed by atoms with E-state index in [0.29, 0.717) is 11.6 Å². The minimum Gasteiger partial charge on any atom is -0.335 e. The smallest absolute Gasteiger partial charge is 0.274 e. The Morgan fingerprint density at radius 3 is 2.61 bits per heavy atom. The van der Waals surface area contributed by atoms with Gasteiger partial charge in [-0.25, -0.2) is 0 Å². The van der Waals surface area contributed by atoms with Gasteiger partial charge in [-0.15, -0.1) is 11.3 Å². The Labute approximate surface area is 169 Å². The van der Waals surface area contributed by atoms with Crippen LogP contribution in [0.25, 0.3) is 10.4 Å². The van der Waals surface area contributed by atoms with E-state index in [1.165, 1.54) is 28.2 Å². The summed E-state index contributed by atoms with van der Waals surface area (Å²) in [5.74, 6) is 0.655. The number of hydrogen-bond donors (Lipinski definition) is 1. The summed E-state index contributed by atoms with van der Waals surface area (Å²) >= 11 is 1.86. The van der Waals surface area contributed by atoms with E-state index in [9.17, 15) is 4.79 Å². The number of carbonyl (C=O) groups excluding carboxylic acids is 1. The van der Waals surface area contributed by atoms with Crippen LogP contribution >= 0.6 is 11.3 Å². The van der Waals surface area contributed by atoms with Crippen molar-refractivity contribution in [3.05, 3.63) is 64.8 Å². The van der Waals surface area contributed by atoms with E-state index in [2.05, 4.69) is 57.6 Å². The van der Waals surface area contributed by atoms with E-state index in [-0.39, 0.29) is 5.91 Å². The number of H-pyrrole nitrogens is 1. The molecule has 0 atom stereocenters. The summed E-state index contributed by atoms with van der Waals surface area (Å²) in [5.41, 5.74) is 2.97. The summed E-state index contributed by atoms with van der Waals surface area (Å²) in [4.78, 5) is 19.8. The topological polar surface area (TPSA) is 52.2 Å². The zero-order chi connectivity index (χ0) is 18.9. The summed E-state index contributed by atoms with van der Waals surface area (Å²) in [6.07, 6.45) is 2.42. The summed E-state index contributed by atoms with van der Waals surface area (Å²) in [6.45, 7) is 4.30. The maximum absolute atomic E-state index is 12.7. The van der Waals surface area contributed by atoms with Gasteiger partial charge in [-0.2, -0.15) is 5.10 Å². The van der Waals surface area contributed by atoms with Crippen molar-refractivity contribution in [1.82, 2.24) is 20.0 Å². The first-order chi connectivity index (χ1) is 13.8. The lowest BCUT2D eigenvalue weighted by Gasteiger charge is -2.34. The van der Waals surface area contributed by atoms with Crippen molar-refractivity contribution in [3.8, 4) is 10.4 Å². The van der Waals surface area contributed by atoms with Crippen LogP contribution in [0.5, 0.6) is 0 Å². The zero-order valence-corrected chi connectivity index (χ0v) is 16.6. The van der Waals surface area contributed by atoms with Crippen LogP contribution in [0.4, 0.5) is 0 Å². The molecule has 2 aliphatic rings. The molecule has 0 bridgehead atoms. The summed E-state index contributed by atoms with van der Waals surface area (Å²) in [5, 5.41) is 7.28. The Morgan fingerprint density at radius 2 is 1.86 bits per heavy atom. The monoisotopic (exact) mass is 392 g/mol. The van der Waals surface area contributed by atoms with Crippen molar-refractivity contribution in [2.45, 2.75) is 25.3 Å². The molecular formula is C22H24N4OS. The van der Waals surface area contributed by atoms with Gasteiger partial charge < -0.3 is 4.90 Å². The Morgan fingerprint density at radius 1 is 1.07 bits per heavy atom. The van der Waals surface area contributed by atoms with Gasteiger partial charge >= 0.3 is 0 Å². The molecule has 2 aromatic heterocycles. The fraction of sp³-hybridized carbons (Fsp3) is 0.364. The molecule has 0 spiro atoms. The van der Waals surface area contributed by atoms with E-state index < -0.39 is 0 Å². The van der Waals surface area contributed by atoms with Gasteiger partial charge in [-0.3, -0.25) is 14.8 Å². The third-order valence-electron chi connectivity index (χ3n) is 5.59. The standard InChI is InChI=1S/C22H24N4OS/c27-22(20-14-19(23-24-20)16-6-7-16)26-12-10-25(11-13-26)15-18-8-9-21(28-18)17-4-2-1-3-5-17/h1-5,8-9,14,16H,6-7,10-13,15H2,(H,23,24). The minimum absolute atomic E-state index is 0.0605. The third kappa shape index (κ3) is 3.75. The summed E-state index contributed by atoms with van der Waals surface area (Å²) < 4.78 is 0. The molecule has 1 saturated carbocycles. The SMILES string of the molecule is O=C(c1cc(C2CC2)[nH]n1)N1CCN(Cc2ccc(-c3ccccc3)s2)CC1. The first-order valence-corrected chi connectivity index (χ1v) is 10.8. The first kappa shape index (κ1) is 17.6. The number of hydrogen-bond acceptors (Lipinski definition) is 4. The molecule has 6 heteroatoms. The molecule has 1 N–H and O–H groups in total. The van der Waals surface area contributed by atoms with E-state index in [0.717, 1.165) is 38.4 Å². The molecule has 1 aliphatic heterocycles. The second-order valence-corrected chi connectivity index (χ2v) is 8.85. The highest BCUT2D eigenvalue weighted by Gasteiger charge is 2.28. The molecule has 3 aromatic rings. The summed E-state index contributed by atoms with van der Waals surface area (Å²) in [7, 11) is 0. The number of benzene rings is 1. The number of nitrogens with one attached hydrogen (secondary N) is 1. The lowest BCUT2D eigenvalue weighted by Crippen LogP contribution is -2.48. The van der Waals surface area contributed by atoms with Gasteiger partial charge in [-0.1, -0.05) is 30.3 Å². The molecule has 1 aliphatic carbocycles. The third-order valence-corrected chi connectivity index (χ3v) is 6.71. The molecule has 1 amide bonds. The van der Waals surface area contributed by atoms with Crippen molar-refractivity contribution >= 4 is 17.2 Å². The quantitative estimate of drug-likeness (QED) is 0.715.